The average molecular weight is 338 g/mol. The van der Waals surface area contributed by atoms with E-state index in [2.05, 4.69) is 9.97 Å². The number of hydrogen-bond acceptors (Lipinski definition) is 4. The van der Waals surface area contributed by atoms with Gasteiger partial charge in [-0.15, -0.1) is 0 Å². The molecule has 0 bridgehead atoms. The predicted octanol–water partition coefficient (Wildman–Crippen LogP) is 3.06. The van der Waals surface area contributed by atoms with Crippen molar-refractivity contribution < 1.29 is 9.72 Å². The van der Waals surface area contributed by atoms with Crippen molar-refractivity contribution in [1.82, 2.24) is 14.9 Å². The average Bonchev–Trinajstić information content (AvgIpc) is 3.02. The van der Waals surface area contributed by atoms with E-state index in [-0.39, 0.29) is 11.6 Å². The van der Waals surface area contributed by atoms with Crippen LogP contribution in [-0.4, -0.2) is 32.7 Å². The first-order chi connectivity index (χ1) is 12.0. The second kappa shape index (κ2) is 7.12. The van der Waals surface area contributed by atoms with Gasteiger partial charge in [0.1, 0.15) is 5.82 Å². The Bertz CT molecular complexity index is 886. The van der Waals surface area contributed by atoms with E-state index in [0.717, 1.165) is 22.4 Å². The number of nitro groups is 1. The van der Waals surface area contributed by atoms with Crippen molar-refractivity contribution in [1.29, 1.82) is 0 Å². The summed E-state index contributed by atoms with van der Waals surface area (Å²) in [5.74, 6) is 0.741. The highest BCUT2D eigenvalue weighted by molar-refractivity contribution is 5.77. The number of para-hydroxylation sites is 2. The fourth-order valence-corrected chi connectivity index (χ4v) is 2.67. The van der Waals surface area contributed by atoms with Crippen LogP contribution in [0.4, 0.5) is 5.69 Å². The minimum atomic E-state index is -0.438. The molecule has 7 nitrogen and oxygen atoms in total. The van der Waals surface area contributed by atoms with Crippen molar-refractivity contribution in [2.75, 3.05) is 7.05 Å². The van der Waals surface area contributed by atoms with Gasteiger partial charge in [-0.25, -0.2) is 4.98 Å². The lowest BCUT2D eigenvalue weighted by Crippen LogP contribution is -2.26. The van der Waals surface area contributed by atoms with Gasteiger partial charge in [-0.2, -0.15) is 0 Å². The first-order valence-electron chi connectivity index (χ1n) is 7.94. The van der Waals surface area contributed by atoms with Gasteiger partial charge >= 0.3 is 0 Å². The van der Waals surface area contributed by atoms with Crippen molar-refractivity contribution in [2.24, 2.45) is 0 Å². The summed E-state index contributed by atoms with van der Waals surface area (Å²) in [4.78, 5) is 31.9. The van der Waals surface area contributed by atoms with Crippen LogP contribution >= 0.6 is 0 Å². The molecule has 1 N–H and O–H groups in total. The predicted molar refractivity (Wildman–Crippen MR) is 94.0 cm³/mol. The van der Waals surface area contributed by atoms with Crippen LogP contribution in [0.2, 0.25) is 0 Å². The van der Waals surface area contributed by atoms with Crippen LogP contribution in [0.15, 0.2) is 48.5 Å². The number of rotatable bonds is 6. The van der Waals surface area contributed by atoms with Crippen LogP contribution in [0, 0.1) is 10.1 Å². The molecule has 0 aliphatic carbocycles. The number of amides is 1. The molecule has 3 aromatic rings. The molecule has 128 valence electrons. The van der Waals surface area contributed by atoms with E-state index in [1.807, 2.05) is 24.3 Å². The second-order valence-corrected chi connectivity index (χ2v) is 5.88. The zero-order valence-electron chi connectivity index (χ0n) is 13.8. The lowest BCUT2D eigenvalue weighted by molar-refractivity contribution is -0.384. The first kappa shape index (κ1) is 16.6. The highest BCUT2D eigenvalue weighted by Crippen LogP contribution is 2.15. The standard InChI is InChI=1S/C18H18N4O3/c1-21(12-13-5-4-6-14(11-13)22(24)25)18(23)10-9-17-19-15-7-2-3-8-16(15)20-17/h2-8,11H,9-10,12H2,1H3,(H,19,20). The van der Waals surface area contributed by atoms with Crippen molar-refractivity contribution in [2.45, 2.75) is 19.4 Å². The van der Waals surface area contributed by atoms with Crippen LogP contribution in [0.5, 0.6) is 0 Å². The number of carbonyl (C=O) groups excluding carboxylic acids is 1. The molecule has 0 atom stereocenters. The fourth-order valence-electron chi connectivity index (χ4n) is 2.67. The Morgan fingerprint density at radius 3 is 2.80 bits per heavy atom. The molecular weight excluding hydrogens is 320 g/mol. The van der Waals surface area contributed by atoms with Crippen molar-refractivity contribution in [3.8, 4) is 0 Å². The van der Waals surface area contributed by atoms with Crippen LogP contribution in [0.3, 0.4) is 0 Å². The largest absolute Gasteiger partial charge is 0.342 e. The monoisotopic (exact) mass is 338 g/mol. The smallest absolute Gasteiger partial charge is 0.269 e. The van der Waals surface area contributed by atoms with Crippen molar-refractivity contribution >= 4 is 22.6 Å². The number of fused-ring (bicyclic) bond motifs is 1. The molecule has 0 aliphatic heterocycles. The van der Waals surface area contributed by atoms with Gasteiger partial charge in [-0.1, -0.05) is 24.3 Å². The molecule has 7 heteroatoms. The van der Waals surface area contributed by atoms with E-state index < -0.39 is 4.92 Å². The molecule has 3 rings (SSSR count). The Morgan fingerprint density at radius 1 is 1.24 bits per heavy atom. The van der Waals surface area contributed by atoms with Crippen LogP contribution in [0.1, 0.15) is 17.8 Å². The summed E-state index contributed by atoms with van der Waals surface area (Å²) in [5, 5.41) is 10.8. The first-order valence-corrected chi connectivity index (χ1v) is 7.94. The number of nitrogens with one attached hydrogen (secondary N) is 1. The lowest BCUT2D eigenvalue weighted by atomic mass is 10.2. The van der Waals surface area contributed by atoms with Gasteiger partial charge in [0.2, 0.25) is 5.91 Å². The number of aromatic nitrogens is 2. The van der Waals surface area contributed by atoms with E-state index in [1.165, 1.54) is 12.1 Å². The van der Waals surface area contributed by atoms with Crippen LogP contribution < -0.4 is 0 Å². The summed E-state index contributed by atoms with van der Waals surface area (Å²) in [5.41, 5.74) is 2.60. The molecule has 0 radical (unpaired) electrons. The number of nitrogens with zero attached hydrogens (tertiary/aromatic N) is 3. The number of benzene rings is 2. The van der Waals surface area contributed by atoms with E-state index >= 15 is 0 Å². The molecule has 2 aromatic carbocycles. The molecular formula is C18H18N4O3. The maximum atomic E-state index is 12.3. The Labute approximate surface area is 144 Å². The molecule has 1 amide bonds. The fraction of sp³-hybridized carbons (Fsp3) is 0.222. The highest BCUT2D eigenvalue weighted by Gasteiger charge is 2.13. The molecule has 0 unspecified atom stereocenters. The third-order valence-electron chi connectivity index (χ3n) is 3.98. The molecule has 1 aromatic heterocycles. The topological polar surface area (TPSA) is 92.1 Å². The number of hydrogen-bond donors (Lipinski definition) is 1. The summed E-state index contributed by atoms with van der Waals surface area (Å²) < 4.78 is 0. The third-order valence-corrected chi connectivity index (χ3v) is 3.98. The number of nitro benzene ring substituents is 1. The van der Waals surface area contributed by atoms with E-state index in [0.29, 0.717) is 19.4 Å². The molecule has 0 aliphatic rings. The Hall–Kier alpha value is -3.22. The van der Waals surface area contributed by atoms with E-state index in [1.54, 1.807) is 24.1 Å². The summed E-state index contributed by atoms with van der Waals surface area (Å²) in [7, 11) is 1.69. The van der Waals surface area contributed by atoms with Crippen LogP contribution in [-0.2, 0) is 17.8 Å². The number of aromatic amines is 1. The van der Waals surface area contributed by atoms with Gasteiger partial charge in [0.05, 0.1) is 16.0 Å². The molecule has 0 spiro atoms. The molecule has 0 saturated heterocycles. The minimum absolute atomic E-state index is 0.0284. The highest BCUT2D eigenvalue weighted by atomic mass is 16.6. The normalized spacial score (nSPS) is 10.8. The molecule has 0 fully saturated rings. The number of aryl methyl sites for hydroxylation is 1. The summed E-state index contributed by atoms with van der Waals surface area (Å²) in [6.45, 7) is 0.334. The van der Waals surface area contributed by atoms with Gasteiger partial charge in [-0.05, 0) is 17.7 Å². The second-order valence-electron chi connectivity index (χ2n) is 5.88. The summed E-state index contributed by atoms with van der Waals surface area (Å²) >= 11 is 0. The zero-order valence-corrected chi connectivity index (χ0v) is 13.8. The van der Waals surface area contributed by atoms with Gasteiger partial charge < -0.3 is 9.88 Å². The minimum Gasteiger partial charge on any atom is -0.342 e. The van der Waals surface area contributed by atoms with Gasteiger partial charge in [0.15, 0.2) is 0 Å². The zero-order chi connectivity index (χ0) is 17.8. The van der Waals surface area contributed by atoms with Crippen molar-refractivity contribution in [3.05, 3.63) is 70.0 Å². The lowest BCUT2D eigenvalue weighted by Gasteiger charge is -2.17. The summed E-state index contributed by atoms with van der Waals surface area (Å²) in [6.07, 6.45) is 0.845. The number of H-pyrrole nitrogens is 1. The van der Waals surface area contributed by atoms with E-state index in [4.69, 9.17) is 0 Å². The Kier molecular flexibility index (Phi) is 4.74. The third kappa shape index (κ3) is 4.00. The maximum Gasteiger partial charge on any atom is 0.269 e. The number of carbonyl (C=O) groups is 1. The summed E-state index contributed by atoms with van der Waals surface area (Å²) in [6, 6.07) is 14.0. The SMILES string of the molecule is CN(Cc1cccc([N+](=O)[O-])c1)C(=O)CCc1nc2ccccc2[nH]1. The van der Waals surface area contributed by atoms with Crippen molar-refractivity contribution in [3.63, 3.8) is 0 Å². The number of imidazole rings is 1. The quantitative estimate of drug-likeness (QED) is 0.552. The molecule has 0 saturated carbocycles. The van der Waals surface area contributed by atoms with E-state index in [9.17, 15) is 14.9 Å². The van der Waals surface area contributed by atoms with Crippen LogP contribution in [0.25, 0.3) is 11.0 Å². The van der Waals surface area contributed by atoms with Gasteiger partial charge in [-0.3, -0.25) is 14.9 Å². The number of non-ortho nitro benzene ring substituents is 1. The molecule has 1 heterocycles. The van der Waals surface area contributed by atoms with Gasteiger partial charge in [0, 0.05) is 38.6 Å². The van der Waals surface area contributed by atoms with Gasteiger partial charge in [0.25, 0.3) is 5.69 Å². The Balaban J connectivity index is 1.59. The Morgan fingerprint density at radius 2 is 2.04 bits per heavy atom. The maximum absolute atomic E-state index is 12.3. The molecule has 25 heavy (non-hydrogen) atoms.